The first-order valence-electron chi connectivity index (χ1n) is 6.54. The van der Waals surface area contributed by atoms with E-state index in [1.807, 2.05) is 24.3 Å². The van der Waals surface area contributed by atoms with Crippen LogP contribution in [0.1, 0.15) is 5.56 Å². The fraction of sp³-hybridized carbons (Fsp3) is 0.125. The highest BCUT2D eigenvalue weighted by Gasteiger charge is 2.12. The Bertz CT molecular complexity index is 629. The number of para-hydroxylation sites is 1. The minimum atomic E-state index is -0.674. The summed E-state index contributed by atoms with van der Waals surface area (Å²) in [6, 6.07) is 16.2. The maximum Gasteiger partial charge on any atom is 0.313 e. The molecule has 2 rings (SSSR count). The highest BCUT2D eigenvalue weighted by atomic mass is 35.5. The van der Waals surface area contributed by atoms with Crippen LogP contribution in [0, 0.1) is 0 Å². The van der Waals surface area contributed by atoms with Gasteiger partial charge in [-0.05, 0) is 36.2 Å². The molecule has 0 aliphatic carbocycles. The molecule has 0 atom stereocenters. The van der Waals surface area contributed by atoms with E-state index in [0.717, 1.165) is 5.56 Å². The van der Waals surface area contributed by atoms with E-state index in [1.54, 1.807) is 30.3 Å². The van der Waals surface area contributed by atoms with E-state index >= 15 is 0 Å². The van der Waals surface area contributed by atoms with Crippen LogP contribution in [0.5, 0.6) is 0 Å². The lowest BCUT2D eigenvalue weighted by molar-refractivity contribution is -0.136. The zero-order valence-electron chi connectivity index (χ0n) is 11.3. The molecule has 2 amide bonds. The fourth-order valence-corrected chi connectivity index (χ4v) is 2.02. The predicted molar refractivity (Wildman–Crippen MR) is 83.2 cm³/mol. The normalized spacial score (nSPS) is 9.95. The van der Waals surface area contributed by atoms with E-state index in [4.69, 9.17) is 11.6 Å². The highest BCUT2D eigenvalue weighted by molar-refractivity contribution is 6.39. The van der Waals surface area contributed by atoms with E-state index in [1.165, 1.54) is 0 Å². The Kier molecular flexibility index (Phi) is 5.35. The highest BCUT2D eigenvalue weighted by Crippen LogP contribution is 2.10. The Morgan fingerprint density at radius 3 is 2.43 bits per heavy atom. The van der Waals surface area contributed by atoms with Crippen molar-refractivity contribution in [3.05, 3.63) is 65.2 Å². The SMILES string of the molecule is O=C(NCCc1cccc(Cl)c1)C(=O)Nc1ccccc1. The third kappa shape index (κ3) is 4.93. The Labute approximate surface area is 128 Å². The molecule has 2 aromatic carbocycles. The lowest BCUT2D eigenvalue weighted by Gasteiger charge is -2.06. The Balaban J connectivity index is 1.78. The van der Waals surface area contributed by atoms with Crippen LogP contribution in [0.25, 0.3) is 0 Å². The molecule has 0 aliphatic heterocycles. The number of halogens is 1. The van der Waals surface area contributed by atoms with E-state index in [-0.39, 0.29) is 0 Å². The molecule has 5 heteroatoms. The molecule has 0 fully saturated rings. The van der Waals surface area contributed by atoms with Gasteiger partial charge in [-0.25, -0.2) is 0 Å². The van der Waals surface area contributed by atoms with Gasteiger partial charge in [0.1, 0.15) is 0 Å². The van der Waals surface area contributed by atoms with E-state index < -0.39 is 11.8 Å². The lowest BCUT2D eigenvalue weighted by atomic mass is 10.1. The van der Waals surface area contributed by atoms with Crippen LogP contribution in [0.3, 0.4) is 0 Å². The lowest BCUT2D eigenvalue weighted by Crippen LogP contribution is -2.36. The van der Waals surface area contributed by atoms with Gasteiger partial charge in [-0.3, -0.25) is 9.59 Å². The number of carbonyl (C=O) groups excluding carboxylic acids is 2. The van der Waals surface area contributed by atoms with Crippen molar-refractivity contribution in [1.82, 2.24) is 5.32 Å². The Morgan fingerprint density at radius 2 is 1.71 bits per heavy atom. The number of hydrogen-bond acceptors (Lipinski definition) is 2. The molecule has 0 saturated carbocycles. The molecular weight excluding hydrogens is 288 g/mol. The third-order valence-corrected chi connectivity index (χ3v) is 3.06. The summed E-state index contributed by atoms with van der Waals surface area (Å²) in [6.07, 6.45) is 0.616. The predicted octanol–water partition coefficient (Wildman–Crippen LogP) is 2.64. The van der Waals surface area contributed by atoms with Crippen LogP contribution in [-0.4, -0.2) is 18.4 Å². The largest absolute Gasteiger partial charge is 0.347 e. The average Bonchev–Trinajstić information content (AvgIpc) is 2.48. The molecule has 108 valence electrons. The Morgan fingerprint density at radius 1 is 0.952 bits per heavy atom. The summed E-state index contributed by atoms with van der Waals surface area (Å²) in [6.45, 7) is 0.376. The molecule has 0 aliphatic rings. The first-order chi connectivity index (χ1) is 10.1. The minimum absolute atomic E-state index is 0.376. The number of amides is 2. The average molecular weight is 303 g/mol. The second kappa shape index (κ2) is 7.45. The van der Waals surface area contributed by atoms with Crippen molar-refractivity contribution in [3.63, 3.8) is 0 Å². The van der Waals surface area contributed by atoms with Gasteiger partial charge in [0, 0.05) is 17.3 Å². The van der Waals surface area contributed by atoms with E-state index in [2.05, 4.69) is 10.6 Å². The summed E-state index contributed by atoms with van der Waals surface area (Å²) < 4.78 is 0. The Hall–Kier alpha value is -2.33. The number of anilines is 1. The molecule has 0 aromatic heterocycles. The molecule has 4 nitrogen and oxygen atoms in total. The number of nitrogens with one attached hydrogen (secondary N) is 2. The van der Waals surface area contributed by atoms with Crippen molar-refractivity contribution in [1.29, 1.82) is 0 Å². The van der Waals surface area contributed by atoms with Gasteiger partial charge in [0.15, 0.2) is 0 Å². The van der Waals surface area contributed by atoms with Crippen LogP contribution >= 0.6 is 11.6 Å². The minimum Gasteiger partial charge on any atom is -0.347 e. The zero-order valence-corrected chi connectivity index (χ0v) is 12.1. The maximum absolute atomic E-state index is 11.7. The summed E-state index contributed by atoms with van der Waals surface area (Å²) >= 11 is 5.88. The molecule has 2 aromatic rings. The van der Waals surface area contributed by atoms with Crippen LogP contribution in [0.15, 0.2) is 54.6 Å². The monoisotopic (exact) mass is 302 g/mol. The molecule has 0 unspecified atom stereocenters. The van der Waals surface area contributed by atoms with Gasteiger partial charge in [0.25, 0.3) is 0 Å². The standard InChI is InChI=1S/C16H15ClN2O2/c17-13-6-4-5-12(11-13)9-10-18-15(20)16(21)19-14-7-2-1-3-8-14/h1-8,11H,9-10H2,(H,18,20)(H,19,21). The molecule has 0 spiro atoms. The van der Waals surface area contributed by atoms with Gasteiger partial charge >= 0.3 is 11.8 Å². The number of hydrogen-bond donors (Lipinski definition) is 2. The molecular formula is C16H15ClN2O2. The van der Waals surface area contributed by atoms with Crippen molar-refractivity contribution in [2.45, 2.75) is 6.42 Å². The molecule has 21 heavy (non-hydrogen) atoms. The van der Waals surface area contributed by atoms with Crippen molar-refractivity contribution in [2.24, 2.45) is 0 Å². The molecule has 0 saturated heterocycles. The van der Waals surface area contributed by atoms with Crippen molar-refractivity contribution in [3.8, 4) is 0 Å². The second-order valence-corrected chi connectivity index (χ2v) is 4.89. The van der Waals surface area contributed by atoms with Gasteiger partial charge in [0.05, 0.1) is 0 Å². The summed E-state index contributed by atoms with van der Waals surface area (Å²) in [5.74, 6) is -1.33. The van der Waals surface area contributed by atoms with Gasteiger partial charge in [-0.15, -0.1) is 0 Å². The summed E-state index contributed by atoms with van der Waals surface area (Å²) in [5.41, 5.74) is 1.60. The first kappa shape index (κ1) is 15.1. The zero-order chi connectivity index (χ0) is 15.1. The van der Waals surface area contributed by atoms with Gasteiger partial charge in [0.2, 0.25) is 0 Å². The topological polar surface area (TPSA) is 58.2 Å². The third-order valence-electron chi connectivity index (χ3n) is 2.83. The molecule has 0 radical (unpaired) electrons. The van der Waals surface area contributed by atoms with Crippen molar-refractivity contribution in [2.75, 3.05) is 11.9 Å². The number of rotatable bonds is 4. The van der Waals surface area contributed by atoms with Crippen LogP contribution in [0.4, 0.5) is 5.69 Å². The molecule has 0 heterocycles. The summed E-state index contributed by atoms with van der Waals surface area (Å²) in [7, 11) is 0. The maximum atomic E-state index is 11.7. The van der Waals surface area contributed by atoms with Crippen LogP contribution < -0.4 is 10.6 Å². The number of benzene rings is 2. The van der Waals surface area contributed by atoms with Gasteiger partial charge in [-0.2, -0.15) is 0 Å². The van der Waals surface area contributed by atoms with E-state index in [9.17, 15) is 9.59 Å². The molecule has 2 N–H and O–H groups in total. The van der Waals surface area contributed by atoms with Gasteiger partial charge in [-0.1, -0.05) is 41.9 Å². The first-order valence-corrected chi connectivity index (χ1v) is 6.91. The van der Waals surface area contributed by atoms with Crippen LogP contribution in [-0.2, 0) is 16.0 Å². The van der Waals surface area contributed by atoms with Crippen LogP contribution in [0.2, 0.25) is 5.02 Å². The fourth-order valence-electron chi connectivity index (χ4n) is 1.80. The summed E-state index contributed by atoms with van der Waals surface area (Å²) in [5, 5.41) is 5.76. The van der Waals surface area contributed by atoms with E-state index in [0.29, 0.717) is 23.7 Å². The smallest absolute Gasteiger partial charge is 0.313 e. The van der Waals surface area contributed by atoms with Crippen molar-refractivity contribution < 1.29 is 9.59 Å². The number of carbonyl (C=O) groups is 2. The molecule has 0 bridgehead atoms. The second-order valence-electron chi connectivity index (χ2n) is 4.46. The van der Waals surface area contributed by atoms with Crippen molar-refractivity contribution >= 4 is 29.1 Å². The summed E-state index contributed by atoms with van der Waals surface area (Å²) in [4.78, 5) is 23.3. The van der Waals surface area contributed by atoms with Gasteiger partial charge < -0.3 is 10.6 Å². The quantitative estimate of drug-likeness (QED) is 0.853.